The highest BCUT2D eigenvalue weighted by molar-refractivity contribution is 8.00. The molecule has 0 atom stereocenters. The summed E-state index contributed by atoms with van der Waals surface area (Å²) in [7, 11) is 0. The van der Waals surface area contributed by atoms with E-state index in [0.29, 0.717) is 34.5 Å². The molecule has 0 aliphatic carbocycles. The molecular formula is C20H13F3N4O4S. The van der Waals surface area contributed by atoms with Gasteiger partial charge in [0.15, 0.2) is 11.5 Å². The molecule has 0 fully saturated rings. The molecule has 2 aromatic heterocycles. The van der Waals surface area contributed by atoms with E-state index in [9.17, 15) is 23.2 Å². The van der Waals surface area contributed by atoms with Gasteiger partial charge >= 0.3 is 12.2 Å². The number of nitrogens with zero attached hydrogens (tertiary/aromatic N) is 3. The molecule has 1 amide bonds. The van der Waals surface area contributed by atoms with Crippen molar-refractivity contribution >= 4 is 23.7 Å². The van der Waals surface area contributed by atoms with Crippen molar-refractivity contribution in [1.29, 1.82) is 5.26 Å². The van der Waals surface area contributed by atoms with E-state index < -0.39 is 23.2 Å². The Morgan fingerprint density at radius 1 is 1.25 bits per heavy atom. The number of hydrogen-bond donors (Lipinski definition) is 1. The maximum atomic E-state index is 13.7. The van der Waals surface area contributed by atoms with Gasteiger partial charge in [-0.3, -0.25) is 10.1 Å². The maximum absolute atomic E-state index is 13.7. The molecule has 1 aliphatic rings. The molecule has 1 aromatic carbocycles. The first-order valence-electron chi connectivity index (χ1n) is 9.01. The number of carbonyl (C=O) groups excluding carboxylic acids is 1. The normalized spacial score (nSPS) is 12.5. The Morgan fingerprint density at radius 2 is 2.03 bits per heavy atom. The topological polar surface area (TPSA) is 110 Å². The van der Waals surface area contributed by atoms with Crippen LogP contribution in [0.25, 0.3) is 11.3 Å². The summed E-state index contributed by atoms with van der Waals surface area (Å²) in [5.74, 6) is -0.0570. The lowest BCUT2D eigenvalue weighted by molar-refractivity contribution is -0.138. The minimum Gasteiger partial charge on any atom is -0.454 e. The minimum absolute atomic E-state index is 0.00759. The smallest absolute Gasteiger partial charge is 0.417 e. The van der Waals surface area contributed by atoms with Crippen molar-refractivity contribution in [3.63, 3.8) is 0 Å². The summed E-state index contributed by atoms with van der Waals surface area (Å²) in [6, 6.07) is 6.92. The van der Waals surface area contributed by atoms with Gasteiger partial charge in [-0.1, -0.05) is 11.8 Å². The first kappa shape index (κ1) is 21.5. The number of nitriles is 1. The summed E-state index contributed by atoms with van der Waals surface area (Å²) in [6.07, 6.45) is -3.46. The van der Waals surface area contributed by atoms with Gasteiger partial charge in [0.2, 0.25) is 12.7 Å². The number of nitrogens with one attached hydrogen (secondary N) is 1. The van der Waals surface area contributed by atoms with Gasteiger partial charge in [0.25, 0.3) is 0 Å². The average molecular weight is 462 g/mol. The third-order valence-corrected chi connectivity index (χ3v) is 5.25. The molecule has 8 nitrogen and oxygen atoms in total. The number of halogens is 3. The number of benzene rings is 1. The van der Waals surface area contributed by atoms with Crippen LogP contribution in [0.15, 0.2) is 40.0 Å². The zero-order valence-electron chi connectivity index (χ0n) is 16.3. The number of ether oxygens (including phenoxy) is 2. The number of anilines is 1. The molecule has 0 unspecified atom stereocenters. The second-order valence-corrected chi connectivity index (χ2v) is 7.51. The minimum atomic E-state index is -4.80. The van der Waals surface area contributed by atoms with Crippen molar-refractivity contribution < 1.29 is 31.9 Å². The van der Waals surface area contributed by atoms with E-state index in [0.717, 1.165) is 6.07 Å². The van der Waals surface area contributed by atoms with Crippen LogP contribution in [-0.4, -0.2) is 28.4 Å². The third-order valence-electron chi connectivity index (χ3n) is 4.28. The number of oxazole rings is 1. The van der Waals surface area contributed by atoms with E-state index in [2.05, 4.69) is 15.3 Å². The lowest BCUT2D eigenvalue weighted by Gasteiger charge is -2.14. The molecule has 3 aromatic rings. The van der Waals surface area contributed by atoms with Crippen LogP contribution in [0.5, 0.6) is 11.5 Å². The maximum Gasteiger partial charge on any atom is 0.417 e. The highest BCUT2D eigenvalue weighted by atomic mass is 32.2. The van der Waals surface area contributed by atoms with Gasteiger partial charge in [-0.05, 0) is 31.2 Å². The SMILES string of the molecule is Cc1coc(NC(=O)CSc2nc(-c3ccc4c(c3)OCO4)cc(C(F)(F)F)c2C#N)n1. The van der Waals surface area contributed by atoms with Crippen molar-refractivity contribution in [1.82, 2.24) is 9.97 Å². The van der Waals surface area contributed by atoms with Gasteiger partial charge in [0.05, 0.1) is 28.3 Å². The second-order valence-electron chi connectivity index (χ2n) is 6.54. The molecule has 0 saturated carbocycles. The highest BCUT2D eigenvalue weighted by Crippen LogP contribution is 2.40. The van der Waals surface area contributed by atoms with Crippen LogP contribution < -0.4 is 14.8 Å². The standard InChI is InChI=1S/C20H13F3N4O4S/c1-10-7-29-19(25-10)27-17(28)8-32-18-12(6-24)13(20(21,22)23)5-14(26-18)11-2-3-15-16(4-11)31-9-30-15/h2-5,7H,8-9H2,1H3,(H,25,27,28). The number of fused-ring (bicyclic) bond motifs is 1. The Hall–Kier alpha value is -3.72. The molecule has 32 heavy (non-hydrogen) atoms. The fraction of sp³-hybridized carbons (Fsp3) is 0.200. The van der Waals surface area contributed by atoms with Crippen LogP contribution in [0.1, 0.15) is 16.8 Å². The largest absolute Gasteiger partial charge is 0.454 e. The van der Waals surface area contributed by atoms with Crippen LogP contribution in [0.3, 0.4) is 0 Å². The first-order valence-corrected chi connectivity index (χ1v) is 10.0. The molecule has 1 N–H and O–H groups in total. The molecule has 1 aliphatic heterocycles. The van der Waals surface area contributed by atoms with Crippen LogP contribution in [0.2, 0.25) is 0 Å². The fourth-order valence-electron chi connectivity index (χ4n) is 2.86. The Morgan fingerprint density at radius 3 is 2.72 bits per heavy atom. The molecule has 12 heteroatoms. The molecule has 0 saturated heterocycles. The van der Waals surface area contributed by atoms with E-state index in [-0.39, 0.29) is 29.3 Å². The summed E-state index contributed by atoms with van der Waals surface area (Å²) in [5, 5.41) is 11.5. The molecule has 164 valence electrons. The third kappa shape index (κ3) is 4.47. The van der Waals surface area contributed by atoms with Crippen LogP contribution in [0.4, 0.5) is 19.2 Å². The Balaban J connectivity index is 1.66. The predicted octanol–water partition coefficient (Wildman–Crippen LogP) is 4.40. The van der Waals surface area contributed by atoms with E-state index in [4.69, 9.17) is 13.9 Å². The highest BCUT2D eigenvalue weighted by Gasteiger charge is 2.36. The number of hydrogen-bond acceptors (Lipinski definition) is 8. The Bertz CT molecular complexity index is 1240. The number of pyridine rings is 1. The average Bonchev–Trinajstić information content (AvgIpc) is 3.38. The number of amides is 1. The van der Waals surface area contributed by atoms with E-state index in [1.807, 2.05) is 0 Å². The Kier molecular flexibility index (Phi) is 5.67. The van der Waals surface area contributed by atoms with E-state index in [1.54, 1.807) is 19.1 Å². The van der Waals surface area contributed by atoms with Gasteiger partial charge in [0, 0.05) is 5.56 Å². The van der Waals surface area contributed by atoms with Gasteiger partial charge in [0.1, 0.15) is 17.4 Å². The van der Waals surface area contributed by atoms with Crippen molar-refractivity contribution in [2.75, 3.05) is 17.9 Å². The zero-order chi connectivity index (χ0) is 22.9. The molecule has 3 heterocycles. The number of aromatic nitrogens is 2. The van der Waals surface area contributed by atoms with Gasteiger partial charge in [-0.2, -0.15) is 23.4 Å². The van der Waals surface area contributed by atoms with Crippen LogP contribution in [0, 0.1) is 18.3 Å². The number of thioether (sulfide) groups is 1. The number of aryl methyl sites for hydroxylation is 1. The quantitative estimate of drug-likeness (QED) is 0.556. The molecular weight excluding hydrogens is 449 g/mol. The first-order chi connectivity index (χ1) is 15.2. The fourth-order valence-corrected chi connectivity index (χ4v) is 3.66. The van der Waals surface area contributed by atoms with Crippen molar-refractivity contribution in [3.8, 4) is 28.8 Å². The van der Waals surface area contributed by atoms with E-state index in [1.165, 1.54) is 18.4 Å². The predicted molar refractivity (Wildman–Crippen MR) is 106 cm³/mol. The van der Waals surface area contributed by atoms with Crippen molar-refractivity contribution in [3.05, 3.63) is 47.3 Å². The van der Waals surface area contributed by atoms with Crippen molar-refractivity contribution in [2.45, 2.75) is 18.1 Å². The van der Waals surface area contributed by atoms with Gasteiger partial charge in [-0.15, -0.1) is 0 Å². The van der Waals surface area contributed by atoms with Crippen LogP contribution in [-0.2, 0) is 11.0 Å². The van der Waals surface area contributed by atoms with Crippen LogP contribution >= 0.6 is 11.8 Å². The summed E-state index contributed by atoms with van der Waals surface area (Å²) >= 11 is 0.699. The summed E-state index contributed by atoms with van der Waals surface area (Å²) in [6.45, 7) is 1.67. The zero-order valence-corrected chi connectivity index (χ0v) is 17.1. The Labute approximate surface area is 183 Å². The molecule has 0 bridgehead atoms. The van der Waals surface area contributed by atoms with E-state index >= 15 is 0 Å². The molecule has 0 spiro atoms. The number of rotatable bonds is 5. The number of alkyl halides is 3. The summed E-state index contributed by atoms with van der Waals surface area (Å²) in [5.41, 5.74) is -0.944. The number of carbonyl (C=O) groups is 1. The summed E-state index contributed by atoms with van der Waals surface area (Å²) in [4.78, 5) is 20.3. The molecule has 4 rings (SSSR count). The monoisotopic (exact) mass is 462 g/mol. The lowest BCUT2D eigenvalue weighted by atomic mass is 10.0. The van der Waals surface area contributed by atoms with Crippen molar-refractivity contribution in [2.24, 2.45) is 0 Å². The second kappa shape index (κ2) is 8.43. The molecule has 0 radical (unpaired) electrons. The van der Waals surface area contributed by atoms with Gasteiger partial charge < -0.3 is 13.9 Å². The van der Waals surface area contributed by atoms with Gasteiger partial charge in [-0.25, -0.2) is 4.98 Å². The summed E-state index contributed by atoms with van der Waals surface area (Å²) < 4.78 is 56.6. The lowest BCUT2D eigenvalue weighted by Crippen LogP contribution is -2.15.